The number of carbonyl (C=O) groups excluding carboxylic acids is 1. The highest BCUT2D eigenvalue weighted by Gasteiger charge is 2.27. The van der Waals surface area contributed by atoms with Crippen LogP contribution in [0.3, 0.4) is 0 Å². The van der Waals surface area contributed by atoms with Gasteiger partial charge in [0.15, 0.2) is 6.61 Å². The maximum absolute atomic E-state index is 13.1. The van der Waals surface area contributed by atoms with Crippen LogP contribution in [0.15, 0.2) is 24.5 Å². The van der Waals surface area contributed by atoms with Gasteiger partial charge in [0, 0.05) is 43.3 Å². The minimum absolute atomic E-state index is 0.0231. The molecule has 3 aromatic rings. The largest absolute Gasteiger partial charge is 0.464 e. The predicted octanol–water partition coefficient (Wildman–Crippen LogP) is 4.87. The zero-order valence-corrected chi connectivity index (χ0v) is 21.6. The van der Waals surface area contributed by atoms with Crippen molar-refractivity contribution in [3.05, 3.63) is 46.4 Å². The maximum atomic E-state index is 13.1. The number of halogens is 2. The van der Waals surface area contributed by atoms with Gasteiger partial charge < -0.3 is 14.5 Å². The Hall–Kier alpha value is -2.59. The van der Waals surface area contributed by atoms with Crippen molar-refractivity contribution in [3.63, 3.8) is 0 Å². The summed E-state index contributed by atoms with van der Waals surface area (Å²) in [5.41, 5.74) is 3.40. The van der Waals surface area contributed by atoms with E-state index in [4.69, 9.17) is 4.74 Å². The van der Waals surface area contributed by atoms with Crippen molar-refractivity contribution in [2.45, 2.75) is 70.9 Å². The van der Waals surface area contributed by atoms with Gasteiger partial charge in [-0.05, 0) is 70.0 Å². The molecule has 2 aliphatic rings. The molecule has 1 saturated carbocycles. The molecule has 1 aliphatic heterocycles. The molecule has 0 atom stereocenters. The molecule has 36 heavy (non-hydrogen) atoms. The van der Waals surface area contributed by atoms with Crippen LogP contribution in [0, 0.1) is 12.8 Å². The van der Waals surface area contributed by atoms with Crippen LogP contribution in [0.25, 0.3) is 5.65 Å². The second-order valence-electron chi connectivity index (χ2n) is 10.3. The highest BCUT2D eigenvalue weighted by molar-refractivity contribution is 7.13. The van der Waals surface area contributed by atoms with Crippen LogP contribution in [-0.2, 0) is 13.0 Å². The van der Waals surface area contributed by atoms with E-state index in [1.54, 1.807) is 0 Å². The number of thiazole rings is 1. The first-order chi connectivity index (χ1) is 17.2. The Morgan fingerprint density at radius 2 is 2.03 bits per heavy atom. The van der Waals surface area contributed by atoms with Crippen molar-refractivity contribution in [2.75, 3.05) is 19.7 Å². The summed E-state index contributed by atoms with van der Waals surface area (Å²) in [6.07, 6.45) is 10.0. The number of aryl methyl sites for hydroxylation is 1. The molecule has 1 fully saturated rings. The first-order valence-electron chi connectivity index (χ1n) is 12.7. The second kappa shape index (κ2) is 10.4. The molecular formula is C26H33F2N5O2S. The zero-order valence-electron chi connectivity index (χ0n) is 20.8. The minimum atomic E-state index is -2.85. The fraction of sp³-hybridized carbons (Fsp3) is 0.577. The average Bonchev–Trinajstić information content (AvgIpc) is 3.42. The SMILES string of the molecule is Cc1cn2cc(C(=O)NC3CCC(CCN4CCc5sc(OCC(C)(F)F)nc5C4)CC3)ccc2n1. The average molecular weight is 518 g/mol. The molecular weight excluding hydrogens is 484 g/mol. The van der Waals surface area contributed by atoms with Crippen molar-refractivity contribution in [1.82, 2.24) is 24.6 Å². The van der Waals surface area contributed by atoms with E-state index in [2.05, 4.69) is 20.2 Å². The molecule has 1 amide bonds. The summed E-state index contributed by atoms with van der Waals surface area (Å²) >= 11 is 1.40. The zero-order chi connectivity index (χ0) is 25.3. The van der Waals surface area contributed by atoms with Crippen molar-refractivity contribution in [2.24, 2.45) is 5.92 Å². The molecule has 10 heteroatoms. The Bertz CT molecular complexity index is 1210. The number of amides is 1. The van der Waals surface area contributed by atoms with Crippen molar-refractivity contribution < 1.29 is 18.3 Å². The van der Waals surface area contributed by atoms with Gasteiger partial charge in [-0.1, -0.05) is 11.3 Å². The number of hydrogen-bond donors (Lipinski definition) is 1. The second-order valence-corrected chi connectivity index (χ2v) is 11.3. The van der Waals surface area contributed by atoms with Crippen LogP contribution < -0.4 is 10.1 Å². The van der Waals surface area contributed by atoms with Gasteiger partial charge in [0.1, 0.15) is 5.65 Å². The smallest absolute Gasteiger partial charge is 0.278 e. The first kappa shape index (κ1) is 25.1. The van der Waals surface area contributed by atoms with Gasteiger partial charge in [0.25, 0.3) is 17.0 Å². The minimum Gasteiger partial charge on any atom is -0.464 e. The fourth-order valence-corrected chi connectivity index (χ4v) is 6.06. The quantitative estimate of drug-likeness (QED) is 0.462. The van der Waals surface area contributed by atoms with Gasteiger partial charge in [0.05, 0.1) is 17.0 Å². The van der Waals surface area contributed by atoms with E-state index >= 15 is 0 Å². The van der Waals surface area contributed by atoms with Crippen molar-refractivity contribution >= 4 is 22.9 Å². The van der Waals surface area contributed by atoms with Crippen LogP contribution in [0.1, 0.15) is 65.7 Å². The van der Waals surface area contributed by atoms with E-state index in [9.17, 15) is 13.6 Å². The normalized spacial score (nSPS) is 20.9. The van der Waals surface area contributed by atoms with Gasteiger partial charge in [0.2, 0.25) is 0 Å². The highest BCUT2D eigenvalue weighted by atomic mass is 32.1. The van der Waals surface area contributed by atoms with Crippen LogP contribution >= 0.6 is 11.3 Å². The van der Waals surface area contributed by atoms with Gasteiger partial charge in [-0.3, -0.25) is 9.69 Å². The summed E-state index contributed by atoms with van der Waals surface area (Å²) in [6.45, 7) is 4.89. The van der Waals surface area contributed by atoms with Gasteiger partial charge in [-0.25, -0.2) is 18.7 Å². The molecule has 1 N–H and O–H groups in total. The lowest BCUT2D eigenvalue weighted by atomic mass is 9.84. The fourth-order valence-electron chi connectivity index (χ4n) is 5.15. The summed E-state index contributed by atoms with van der Waals surface area (Å²) < 4.78 is 33.2. The number of pyridine rings is 1. The third-order valence-electron chi connectivity index (χ3n) is 7.11. The molecule has 7 nitrogen and oxygen atoms in total. The number of imidazole rings is 1. The third kappa shape index (κ3) is 6.21. The number of alkyl halides is 2. The number of fused-ring (bicyclic) bond motifs is 2. The van der Waals surface area contributed by atoms with E-state index < -0.39 is 12.5 Å². The lowest BCUT2D eigenvalue weighted by Crippen LogP contribution is -2.38. The number of aromatic nitrogens is 3. The highest BCUT2D eigenvalue weighted by Crippen LogP contribution is 2.32. The van der Waals surface area contributed by atoms with Gasteiger partial charge in [-0.2, -0.15) is 0 Å². The Labute approximate surface area is 213 Å². The first-order valence-corrected chi connectivity index (χ1v) is 13.5. The molecule has 1 aliphatic carbocycles. The monoisotopic (exact) mass is 517 g/mol. The van der Waals surface area contributed by atoms with Crippen LogP contribution in [-0.4, -0.2) is 56.8 Å². The van der Waals surface area contributed by atoms with E-state index in [0.717, 1.165) is 87.0 Å². The number of ether oxygens (including phenoxy) is 1. The van der Waals surface area contributed by atoms with Gasteiger partial charge >= 0.3 is 0 Å². The number of nitrogens with zero attached hydrogens (tertiary/aromatic N) is 4. The van der Waals surface area contributed by atoms with E-state index in [1.807, 2.05) is 35.9 Å². The van der Waals surface area contributed by atoms with Crippen molar-refractivity contribution in [3.8, 4) is 5.19 Å². The number of nitrogens with one attached hydrogen (secondary N) is 1. The Morgan fingerprint density at radius 3 is 2.81 bits per heavy atom. The van der Waals surface area contributed by atoms with E-state index in [-0.39, 0.29) is 11.9 Å². The molecule has 0 unspecified atom stereocenters. The molecule has 0 spiro atoms. The molecule has 194 valence electrons. The summed E-state index contributed by atoms with van der Waals surface area (Å²) in [5.74, 6) is -2.22. The Balaban J connectivity index is 1.04. The lowest BCUT2D eigenvalue weighted by molar-refractivity contribution is -0.0230. The van der Waals surface area contributed by atoms with E-state index in [1.165, 1.54) is 11.3 Å². The van der Waals surface area contributed by atoms with Crippen LogP contribution in [0.5, 0.6) is 5.19 Å². The molecule has 0 aromatic carbocycles. The maximum Gasteiger partial charge on any atom is 0.278 e. The molecule has 5 rings (SSSR count). The molecule has 0 bridgehead atoms. The van der Waals surface area contributed by atoms with Crippen LogP contribution in [0.4, 0.5) is 8.78 Å². The predicted molar refractivity (Wildman–Crippen MR) is 135 cm³/mol. The number of hydrogen-bond acceptors (Lipinski definition) is 6. The Kier molecular flexibility index (Phi) is 7.25. The summed E-state index contributed by atoms with van der Waals surface area (Å²) in [6, 6.07) is 3.94. The lowest BCUT2D eigenvalue weighted by Gasteiger charge is -2.32. The summed E-state index contributed by atoms with van der Waals surface area (Å²) in [7, 11) is 0. The number of rotatable bonds is 8. The summed E-state index contributed by atoms with van der Waals surface area (Å²) in [4.78, 5) is 25.2. The van der Waals surface area contributed by atoms with E-state index in [0.29, 0.717) is 16.7 Å². The molecule has 0 saturated heterocycles. The summed E-state index contributed by atoms with van der Waals surface area (Å²) in [5, 5.41) is 3.57. The number of carbonyl (C=O) groups is 1. The van der Waals surface area contributed by atoms with Crippen LogP contribution in [0.2, 0.25) is 0 Å². The molecule has 4 heterocycles. The third-order valence-corrected chi connectivity index (χ3v) is 8.18. The molecule has 3 aromatic heterocycles. The van der Waals surface area contributed by atoms with Gasteiger partial charge in [-0.15, -0.1) is 0 Å². The molecule has 0 radical (unpaired) electrons. The standard InChI is InChI=1S/C26H33F2N5O2S/c1-17-13-33-14-19(5-8-23(33)29-17)24(34)30-20-6-3-18(4-7-20)9-11-32-12-10-22-21(15-32)31-25(36-22)35-16-26(2,27)28/h5,8,13-14,18,20H,3-4,6-7,9-12,15-16H2,1-2H3,(H,30,34). The topological polar surface area (TPSA) is 71.8 Å². The van der Waals surface area contributed by atoms with Crippen molar-refractivity contribution in [1.29, 1.82) is 0 Å². The Morgan fingerprint density at radius 1 is 1.22 bits per heavy atom.